The first kappa shape index (κ1) is 17.2. The molecule has 0 aromatic rings. The van der Waals surface area contributed by atoms with Crippen LogP contribution >= 0.6 is 11.8 Å². The molecule has 5 N–H and O–H groups in total. The molecule has 0 saturated carbocycles. The lowest BCUT2D eigenvalue weighted by Gasteiger charge is -2.21. The van der Waals surface area contributed by atoms with Crippen LogP contribution in [0, 0.1) is 0 Å². The van der Waals surface area contributed by atoms with E-state index in [1.165, 1.54) is 4.90 Å². The predicted octanol–water partition coefficient (Wildman–Crippen LogP) is -1.72. The fourth-order valence-electron chi connectivity index (χ4n) is 1.80. The van der Waals surface area contributed by atoms with Gasteiger partial charge in [-0.05, 0) is 6.42 Å². The van der Waals surface area contributed by atoms with E-state index >= 15 is 0 Å². The molecule has 1 saturated heterocycles. The number of carbonyl (C=O) groups excluding carboxylic acids is 2. The third kappa shape index (κ3) is 5.23. The molecule has 1 heterocycles. The van der Waals surface area contributed by atoms with Crippen LogP contribution in [0.1, 0.15) is 12.8 Å². The fourth-order valence-corrected chi connectivity index (χ4v) is 2.83. The second kappa shape index (κ2) is 7.84. The van der Waals surface area contributed by atoms with Crippen molar-refractivity contribution in [2.24, 2.45) is 5.73 Å². The van der Waals surface area contributed by atoms with Crippen molar-refractivity contribution in [3.63, 3.8) is 0 Å². The van der Waals surface area contributed by atoms with E-state index in [0.717, 1.165) is 11.8 Å². The smallest absolute Gasteiger partial charge is 0.326 e. The summed E-state index contributed by atoms with van der Waals surface area (Å²) in [4.78, 5) is 45.5. The van der Waals surface area contributed by atoms with Gasteiger partial charge in [-0.1, -0.05) is 0 Å². The van der Waals surface area contributed by atoms with E-state index in [-0.39, 0.29) is 30.4 Å². The zero-order valence-corrected chi connectivity index (χ0v) is 12.0. The maximum Gasteiger partial charge on any atom is 0.326 e. The van der Waals surface area contributed by atoms with E-state index in [0.29, 0.717) is 0 Å². The maximum atomic E-state index is 11.5. The molecule has 0 radical (unpaired) electrons. The Balaban J connectivity index is 2.35. The Labute approximate surface area is 124 Å². The molecular weight excluding hydrogens is 302 g/mol. The van der Waals surface area contributed by atoms with Gasteiger partial charge in [0.2, 0.25) is 11.8 Å². The second-order valence-corrected chi connectivity index (χ2v) is 5.47. The standard InChI is InChI=1S/C11H17N3O6S/c12-6(10(18)13-3-9(16)17)4-21-5-14-7(11(19)20)1-2-8(14)15/h6-7H,1-5,12H2,(H,13,18)(H,16,17)(H,19,20)/t6-,7-/m0/s1. The van der Waals surface area contributed by atoms with Gasteiger partial charge in [-0.15, -0.1) is 11.8 Å². The molecule has 1 aliphatic heterocycles. The number of nitrogens with one attached hydrogen (secondary N) is 1. The molecule has 0 bridgehead atoms. The minimum absolute atomic E-state index is 0.135. The summed E-state index contributed by atoms with van der Waals surface area (Å²) in [5.74, 6) is -2.77. The number of hydrogen-bond acceptors (Lipinski definition) is 6. The SMILES string of the molecule is N[C@@H](CSCN1C(=O)CC[C@H]1C(=O)O)C(=O)NCC(=O)O. The highest BCUT2D eigenvalue weighted by Crippen LogP contribution is 2.21. The summed E-state index contributed by atoms with van der Waals surface area (Å²) in [6.45, 7) is -0.511. The number of thioether (sulfide) groups is 1. The van der Waals surface area contributed by atoms with Crippen molar-refractivity contribution in [2.45, 2.75) is 24.9 Å². The predicted molar refractivity (Wildman–Crippen MR) is 73.4 cm³/mol. The second-order valence-electron chi connectivity index (χ2n) is 4.47. The molecule has 2 atom stereocenters. The van der Waals surface area contributed by atoms with Crippen LogP contribution in [0.2, 0.25) is 0 Å². The number of nitrogens with zero attached hydrogens (tertiary/aromatic N) is 1. The molecule has 10 heteroatoms. The van der Waals surface area contributed by atoms with E-state index in [9.17, 15) is 19.2 Å². The molecule has 0 spiro atoms. The Hall–Kier alpha value is -1.81. The molecule has 0 aliphatic carbocycles. The summed E-state index contributed by atoms with van der Waals surface area (Å²) >= 11 is 1.15. The van der Waals surface area contributed by atoms with Crippen LogP contribution in [0.15, 0.2) is 0 Å². The average Bonchev–Trinajstić information content (AvgIpc) is 2.77. The minimum Gasteiger partial charge on any atom is -0.480 e. The Kier molecular flexibility index (Phi) is 6.43. The van der Waals surface area contributed by atoms with Gasteiger partial charge in [0.1, 0.15) is 12.6 Å². The molecule has 0 unspecified atom stereocenters. The molecule has 0 aromatic heterocycles. The summed E-state index contributed by atoms with van der Waals surface area (Å²) < 4.78 is 0. The van der Waals surface area contributed by atoms with E-state index in [4.69, 9.17) is 15.9 Å². The molecule has 9 nitrogen and oxygen atoms in total. The molecule has 21 heavy (non-hydrogen) atoms. The Morgan fingerprint density at radius 2 is 2.10 bits per heavy atom. The van der Waals surface area contributed by atoms with E-state index in [2.05, 4.69) is 5.32 Å². The number of rotatable bonds is 8. The Morgan fingerprint density at radius 3 is 2.67 bits per heavy atom. The molecule has 1 aliphatic rings. The largest absolute Gasteiger partial charge is 0.480 e. The number of carboxylic acids is 2. The van der Waals surface area contributed by atoms with E-state index < -0.39 is 36.5 Å². The number of aliphatic carboxylic acids is 2. The molecule has 0 aromatic carbocycles. The van der Waals surface area contributed by atoms with Crippen molar-refractivity contribution < 1.29 is 29.4 Å². The van der Waals surface area contributed by atoms with Gasteiger partial charge in [-0.2, -0.15) is 0 Å². The first-order valence-electron chi connectivity index (χ1n) is 6.18. The van der Waals surface area contributed by atoms with Gasteiger partial charge >= 0.3 is 11.9 Å². The first-order valence-corrected chi connectivity index (χ1v) is 7.33. The van der Waals surface area contributed by atoms with Gasteiger partial charge < -0.3 is 26.2 Å². The van der Waals surface area contributed by atoms with Crippen LogP contribution in [0.5, 0.6) is 0 Å². The molecule has 1 fully saturated rings. The van der Waals surface area contributed by atoms with Crippen LogP contribution in [0.3, 0.4) is 0 Å². The summed E-state index contributed by atoms with van der Waals surface area (Å²) in [6, 6.07) is -1.75. The van der Waals surface area contributed by atoms with Crippen molar-refractivity contribution in [2.75, 3.05) is 18.2 Å². The fraction of sp³-hybridized carbons (Fsp3) is 0.636. The van der Waals surface area contributed by atoms with Gasteiger partial charge in [0.25, 0.3) is 0 Å². The van der Waals surface area contributed by atoms with Gasteiger partial charge in [0.05, 0.1) is 11.9 Å². The summed E-state index contributed by atoms with van der Waals surface area (Å²) in [5, 5.41) is 19.5. The van der Waals surface area contributed by atoms with Crippen LogP contribution in [-0.2, 0) is 19.2 Å². The maximum absolute atomic E-state index is 11.5. The zero-order chi connectivity index (χ0) is 16.0. The zero-order valence-electron chi connectivity index (χ0n) is 11.2. The van der Waals surface area contributed by atoms with Crippen molar-refractivity contribution in [1.82, 2.24) is 10.2 Å². The van der Waals surface area contributed by atoms with Crippen molar-refractivity contribution >= 4 is 35.5 Å². The minimum atomic E-state index is -1.17. The van der Waals surface area contributed by atoms with E-state index in [1.54, 1.807) is 0 Å². The average molecular weight is 319 g/mol. The van der Waals surface area contributed by atoms with Gasteiger partial charge in [-0.25, -0.2) is 4.79 Å². The van der Waals surface area contributed by atoms with Crippen LogP contribution in [-0.4, -0.2) is 69.1 Å². The number of carbonyl (C=O) groups is 4. The lowest BCUT2D eigenvalue weighted by Crippen LogP contribution is -2.44. The Bertz CT molecular complexity index is 444. The van der Waals surface area contributed by atoms with Gasteiger partial charge in [0.15, 0.2) is 0 Å². The number of nitrogens with two attached hydrogens (primary N) is 1. The lowest BCUT2D eigenvalue weighted by molar-refractivity contribution is -0.145. The number of hydrogen-bond donors (Lipinski definition) is 4. The molecule has 2 amide bonds. The third-order valence-electron chi connectivity index (χ3n) is 2.89. The van der Waals surface area contributed by atoms with Crippen molar-refractivity contribution in [3.05, 3.63) is 0 Å². The highest BCUT2D eigenvalue weighted by Gasteiger charge is 2.35. The quantitative estimate of drug-likeness (QED) is 0.412. The van der Waals surface area contributed by atoms with Crippen molar-refractivity contribution in [1.29, 1.82) is 0 Å². The third-order valence-corrected chi connectivity index (χ3v) is 3.95. The molecule has 1 rings (SSSR count). The monoisotopic (exact) mass is 319 g/mol. The highest BCUT2D eigenvalue weighted by atomic mass is 32.2. The summed E-state index contributed by atoms with van der Waals surface area (Å²) in [6.07, 6.45) is 0.475. The summed E-state index contributed by atoms with van der Waals surface area (Å²) in [5.41, 5.74) is 5.57. The van der Waals surface area contributed by atoms with E-state index in [1.807, 2.05) is 0 Å². The first-order chi connectivity index (χ1) is 9.82. The number of likely N-dealkylation sites (tertiary alicyclic amines) is 1. The van der Waals surface area contributed by atoms with Crippen molar-refractivity contribution in [3.8, 4) is 0 Å². The van der Waals surface area contributed by atoms with Crippen LogP contribution in [0.4, 0.5) is 0 Å². The molecule has 118 valence electrons. The topological polar surface area (TPSA) is 150 Å². The lowest BCUT2D eigenvalue weighted by atomic mass is 10.2. The number of amides is 2. The Morgan fingerprint density at radius 1 is 1.43 bits per heavy atom. The number of carboxylic acid groups (broad SMARTS) is 2. The normalized spacial score (nSPS) is 19.4. The van der Waals surface area contributed by atoms with Gasteiger partial charge in [-0.3, -0.25) is 14.4 Å². The van der Waals surface area contributed by atoms with Crippen LogP contribution in [0.25, 0.3) is 0 Å². The highest BCUT2D eigenvalue weighted by molar-refractivity contribution is 7.99. The molecular formula is C11H17N3O6S. The van der Waals surface area contributed by atoms with Gasteiger partial charge in [0, 0.05) is 12.2 Å². The summed E-state index contributed by atoms with van der Waals surface area (Å²) in [7, 11) is 0. The van der Waals surface area contributed by atoms with Crippen LogP contribution < -0.4 is 11.1 Å².